The van der Waals surface area contributed by atoms with Crippen LogP contribution in [0, 0.1) is 0 Å². The zero-order chi connectivity index (χ0) is 17.9. The molecule has 0 spiro atoms. The van der Waals surface area contributed by atoms with Crippen LogP contribution in [0.2, 0.25) is 0 Å². The minimum atomic E-state index is -1.85. The van der Waals surface area contributed by atoms with Gasteiger partial charge >= 0.3 is 0 Å². The molecule has 0 saturated carbocycles. The summed E-state index contributed by atoms with van der Waals surface area (Å²) in [5, 5.41) is 14.4. The van der Waals surface area contributed by atoms with Gasteiger partial charge in [0.25, 0.3) is 0 Å². The lowest BCUT2D eigenvalue weighted by Gasteiger charge is -2.24. The molecule has 1 N–H and O–H groups in total. The summed E-state index contributed by atoms with van der Waals surface area (Å²) >= 11 is 3.18. The molecule has 5 heteroatoms. The number of benzene rings is 3. The molecule has 0 aliphatic carbocycles. The van der Waals surface area contributed by atoms with E-state index in [1.807, 2.05) is 12.5 Å². The Hall–Kier alpha value is -0.980. The lowest BCUT2D eigenvalue weighted by Crippen LogP contribution is -2.27. The minimum Gasteiger partial charge on any atom is -0.506 e. The third-order valence-corrected chi connectivity index (χ3v) is 11.7. The molecular formula is C20H21OP2S2+. The maximum atomic E-state index is 10.5. The number of aromatic hydroxyl groups is 1. The van der Waals surface area contributed by atoms with E-state index in [1.165, 1.54) is 15.9 Å². The quantitative estimate of drug-likeness (QED) is 0.482. The Morgan fingerprint density at radius 1 is 0.720 bits per heavy atom. The third kappa shape index (κ3) is 3.62. The van der Waals surface area contributed by atoms with E-state index in [4.69, 9.17) is 0 Å². The number of rotatable bonds is 5. The first kappa shape index (κ1) is 18.8. The molecule has 0 amide bonds. The first-order valence-corrected chi connectivity index (χ1v) is 13.7. The fourth-order valence-corrected chi connectivity index (χ4v) is 8.52. The van der Waals surface area contributed by atoms with Crippen molar-refractivity contribution < 1.29 is 5.11 Å². The van der Waals surface area contributed by atoms with E-state index in [-0.39, 0.29) is 0 Å². The van der Waals surface area contributed by atoms with E-state index in [9.17, 15) is 5.11 Å². The third-order valence-electron chi connectivity index (χ3n) is 4.20. The Labute approximate surface area is 161 Å². The Morgan fingerprint density at radius 2 is 1.12 bits per heavy atom. The molecule has 1 atom stereocenters. The summed E-state index contributed by atoms with van der Waals surface area (Å²) in [5.74, 6) is 0.390. The van der Waals surface area contributed by atoms with E-state index >= 15 is 0 Å². The molecule has 0 fully saturated rings. The Morgan fingerprint density at radius 3 is 1.48 bits per heavy atom. The molecule has 3 aromatic rings. The lowest BCUT2D eigenvalue weighted by atomic mass is 10.3. The molecule has 0 aromatic heterocycles. The summed E-state index contributed by atoms with van der Waals surface area (Å²) in [4.78, 5) is 1.86. The van der Waals surface area contributed by atoms with Gasteiger partial charge in [0.1, 0.15) is 28.6 Å². The summed E-state index contributed by atoms with van der Waals surface area (Å²) in [7, 11) is 3.17. The van der Waals surface area contributed by atoms with Gasteiger partial charge in [-0.15, -0.1) is 23.5 Å². The molecule has 0 heterocycles. The molecule has 1 unspecified atom stereocenters. The lowest BCUT2D eigenvalue weighted by molar-refractivity contribution is 0.449. The van der Waals surface area contributed by atoms with Crippen molar-refractivity contribution in [3.05, 3.63) is 72.8 Å². The zero-order valence-electron chi connectivity index (χ0n) is 14.2. The normalized spacial score (nSPS) is 11.5. The second kappa shape index (κ2) is 8.14. The molecule has 0 aliphatic heterocycles. The van der Waals surface area contributed by atoms with Crippen molar-refractivity contribution in [2.24, 2.45) is 0 Å². The van der Waals surface area contributed by atoms with Crippen LogP contribution in [0.25, 0.3) is 0 Å². The molecule has 128 valence electrons. The topological polar surface area (TPSA) is 20.2 Å². The van der Waals surface area contributed by atoms with Crippen molar-refractivity contribution >= 4 is 55.3 Å². The molecule has 0 bridgehead atoms. The highest BCUT2D eigenvalue weighted by Gasteiger charge is 2.41. The van der Waals surface area contributed by atoms with Crippen LogP contribution in [0.3, 0.4) is 0 Å². The zero-order valence-corrected chi connectivity index (χ0v) is 17.9. The largest absolute Gasteiger partial charge is 0.506 e. The molecule has 0 aliphatic rings. The highest BCUT2D eigenvalue weighted by Crippen LogP contribution is 2.63. The molecule has 3 rings (SSSR count). The van der Waals surface area contributed by atoms with Gasteiger partial charge in [-0.3, -0.25) is 0 Å². The van der Waals surface area contributed by atoms with Crippen molar-refractivity contribution in [1.82, 2.24) is 0 Å². The second-order valence-electron chi connectivity index (χ2n) is 5.59. The summed E-state index contributed by atoms with van der Waals surface area (Å²) < 4.78 is 0. The van der Waals surface area contributed by atoms with Crippen LogP contribution in [0.15, 0.2) is 82.6 Å². The van der Waals surface area contributed by atoms with Crippen molar-refractivity contribution in [2.45, 2.75) is 9.79 Å². The van der Waals surface area contributed by atoms with Gasteiger partial charge in [0.15, 0.2) is 0 Å². The van der Waals surface area contributed by atoms with Gasteiger partial charge in [-0.2, -0.15) is 0 Å². The maximum Gasteiger partial charge on any atom is 0.142 e. The number of phenols is 1. The van der Waals surface area contributed by atoms with Gasteiger partial charge < -0.3 is 5.11 Å². The molecule has 0 saturated heterocycles. The SMILES string of the molecule is CSc1cc([P+](P)(c2ccccc2)c2ccccc2)cc(SC)c1O. The van der Waals surface area contributed by atoms with E-state index in [1.54, 1.807) is 23.5 Å². The molecule has 0 radical (unpaired) electrons. The number of thioether (sulfide) groups is 2. The average Bonchev–Trinajstić information content (AvgIpc) is 2.69. The van der Waals surface area contributed by atoms with Gasteiger partial charge in [-0.25, -0.2) is 0 Å². The summed E-state index contributed by atoms with van der Waals surface area (Å²) in [6.07, 6.45) is 4.02. The molecule has 1 nitrogen and oxygen atoms in total. The standard InChI is InChI=1S/C20H20OP2S2/c1-24-18-13-17(14-19(25-2)20(18)21)23(22,15-9-5-3-6-10-15)16-11-7-4-8-12-16/h3-14H,22H2,1-2H3/p+1. The minimum absolute atomic E-state index is 0.390. The van der Waals surface area contributed by atoms with E-state index in [2.05, 4.69) is 81.7 Å². The summed E-state index contributed by atoms with van der Waals surface area (Å²) in [6.45, 7) is -1.85. The monoisotopic (exact) mass is 403 g/mol. The first-order valence-electron chi connectivity index (χ1n) is 7.85. The number of phenolic OH excluding ortho intramolecular Hbond substituents is 1. The van der Waals surface area contributed by atoms with Gasteiger partial charge in [0.2, 0.25) is 0 Å². The predicted octanol–water partition coefficient (Wildman–Crippen LogP) is 4.92. The fourth-order valence-electron chi connectivity index (χ4n) is 2.86. The van der Waals surface area contributed by atoms with Crippen molar-refractivity contribution in [3.8, 4) is 5.75 Å². The smallest absolute Gasteiger partial charge is 0.142 e. The highest BCUT2D eigenvalue weighted by atomic mass is 32.2. The van der Waals surface area contributed by atoms with Crippen LogP contribution in [0.5, 0.6) is 5.75 Å². The van der Waals surface area contributed by atoms with E-state index < -0.39 is 6.95 Å². The van der Waals surface area contributed by atoms with Crippen LogP contribution in [0.4, 0.5) is 0 Å². The van der Waals surface area contributed by atoms with Gasteiger partial charge in [-0.05, 0) is 48.9 Å². The molecular weight excluding hydrogens is 382 g/mol. The van der Waals surface area contributed by atoms with Crippen molar-refractivity contribution in [3.63, 3.8) is 0 Å². The van der Waals surface area contributed by atoms with Crippen LogP contribution in [-0.2, 0) is 0 Å². The predicted molar refractivity (Wildman–Crippen MR) is 120 cm³/mol. The maximum absolute atomic E-state index is 10.5. The number of hydrogen-bond donors (Lipinski definition) is 1. The number of hydrogen-bond acceptors (Lipinski definition) is 3. The summed E-state index contributed by atoms with van der Waals surface area (Å²) in [6, 6.07) is 25.6. The Balaban J connectivity index is 2.30. The van der Waals surface area contributed by atoms with Crippen molar-refractivity contribution in [2.75, 3.05) is 12.5 Å². The van der Waals surface area contributed by atoms with Gasteiger partial charge in [0.05, 0.1) is 9.79 Å². The molecule has 3 aromatic carbocycles. The van der Waals surface area contributed by atoms with Crippen LogP contribution in [0.1, 0.15) is 0 Å². The highest BCUT2D eigenvalue weighted by molar-refractivity contribution is 8.36. The average molecular weight is 403 g/mol. The Kier molecular flexibility index (Phi) is 6.12. The molecule has 25 heavy (non-hydrogen) atoms. The van der Waals surface area contributed by atoms with E-state index in [0.29, 0.717) is 5.75 Å². The van der Waals surface area contributed by atoms with Crippen LogP contribution >= 0.6 is 39.4 Å². The Bertz CT molecular complexity index is 790. The van der Waals surface area contributed by atoms with Gasteiger partial charge in [0, 0.05) is 8.93 Å². The van der Waals surface area contributed by atoms with Crippen LogP contribution in [-0.4, -0.2) is 17.6 Å². The van der Waals surface area contributed by atoms with Gasteiger partial charge in [-0.1, -0.05) is 36.4 Å². The second-order valence-corrected chi connectivity index (χ2v) is 12.6. The fraction of sp³-hybridized carbons (Fsp3) is 0.100. The van der Waals surface area contributed by atoms with Crippen molar-refractivity contribution in [1.29, 1.82) is 0 Å². The summed E-state index contributed by atoms with van der Waals surface area (Å²) in [5.41, 5.74) is 0. The van der Waals surface area contributed by atoms with Crippen LogP contribution < -0.4 is 15.9 Å². The van der Waals surface area contributed by atoms with E-state index in [0.717, 1.165) is 9.79 Å². The first-order chi connectivity index (χ1) is 12.1.